The fourth-order valence-corrected chi connectivity index (χ4v) is 1.23. The quantitative estimate of drug-likeness (QED) is 0.531. The van der Waals surface area contributed by atoms with Gasteiger partial charge in [-0.1, -0.05) is 6.92 Å². The highest BCUT2D eigenvalue weighted by Gasteiger charge is 2.26. The van der Waals surface area contributed by atoms with Crippen LogP contribution in [-0.4, -0.2) is 25.7 Å². The minimum atomic E-state index is -0.135. The minimum absolute atomic E-state index is 0.0556. The molecule has 0 amide bonds. The van der Waals surface area contributed by atoms with Crippen LogP contribution < -0.4 is 5.32 Å². The average molecular weight is 143 g/mol. The van der Waals surface area contributed by atoms with Gasteiger partial charge in [0, 0.05) is 0 Å². The predicted molar refractivity (Wildman–Crippen MR) is 37.6 cm³/mol. The highest BCUT2D eigenvalue weighted by Crippen LogP contribution is 2.13. The van der Waals surface area contributed by atoms with Crippen molar-refractivity contribution in [2.45, 2.75) is 19.4 Å². The van der Waals surface area contributed by atoms with E-state index in [9.17, 15) is 4.79 Å². The summed E-state index contributed by atoms with van der Waals surface area (Å²) in [5.74, 6) is 0.466. The number of ether oxygens (including phenoxy) is 1. The van der Waals surface area contributed by atoms with Crippen LogP contribution in [0, 0.1) is 5.92 Å². The molecule has 0 radical (unpaired) electrons. The van der Waals surface area contributed by atoms with Crippen LogP contribution in [-0.2, 0) is 9.53 Å². The molecule has 3 nitrogen and oxygen atoms in total. The Kier molecular flexibility index (Phi) is 2.27. The lowest BCUT2D eigenvalue weighted by Gasteiger charge is -2.05. The fraction of sp³-hybridized carbons (Fsp3) is 0.857. The summed E-state index contributed by atoms with van der Waals surface area (Å²) >= 11 is 0. The zero-order chi connectivity index (χ0) is 7.56. The van der Waals surface area contributed by atoms with Crippen molar-refractivity contribution in [3.8, 4) is 0 Å². The molecule has 0 saturated carbocycles. The van der Waals surface area contributed by atoms with Crippen LogP contribution in [0.4, 0.5) is 0 Å². The zero-order valence-electron chi connectivity index (χ0n) is 6.39. The molecule has 1 heterocycles. The first kappa shape index (κ1) is 7.54. The lowest BCUT2D eigenvalue weighted by molar-refractivity contribution is -0.142. The smallest absolute Gasteiger partial charge is 0.322 e. The van der Waals surface area contributed by atoms with Crippen LogP contribution >= 0.6 is 0 Å². The molecule has 1 aliphatic heterocycles. The third-order valence-electron chi connectivity index (χ3n) is 1.84. The van der Waals surface area contributed by atoms with E-state index in [0.29, 0.717) is 5.92 Å². The Morgan fingerprint density at radius 1 is 1.70 bits per heavy atom. The fourth-order valence-electron chi connectivity index (χ4n) is 1.23. The topological polar surface area (TPSA) is 38.3 Å². The van der Waals surface area contributed by atoms with Crippen molar-refractivity contribution in [1.82, 2.24) is 5.32 Å². The molecule has 0 bridgehead atoms. The number of hydrogen-bond acceptors (Lipinski definition) is 3. The van der Waals surface area contributed by atoms with Gasteiger partial charge in [-0.25, -0.2) is 0 Å². The Labute approximate surface area is 60.7 Å². The third-order valence-corrected chi connectivity index (χ3v) is 1.84. The molecule has 10 heavy (non-hydrogen) atoms. The number of rotatable bonds is 1. The summed E-state index contributed by atoms with van der Waals surface area (Å²) in [6.45, 7) is 3.05. The van der Waals surface area contributed by atoms with Gasteiger partial charge in [0.25, 0.3) is 0 Å². The lowest BCUT2D eigenvalue weighted by atomic mass is 10.1. The molecule has 0 aromatic rings. The van der Waals surface area contributed by atoms with E-state index < -0.39 is 0 Å². The van der Waals surface area contributed by atoms with Gasteiger partial charge in [-0.15, -0.1) is 0 Å². The molecule has 1 aliphatic rings. The number of carbonyl (C=O) groups excluding carboxylic acids is 1. The van der Waals surface area contributed by atoms with E-state index in [0.717, 1.165) is 13.0 Å². The van der Waals surface area contributed by atoms with Gasteiger partial charge in [0.1, 0.15) is 6.04 Å². The summed E-state index contributed by atoms with van der Waals surface area (Å²) < 4.78 is 4.58. The van der Waals surface area contributed by atoms with Gasteiger partial charge in [-0.2, -0.15) is 0 Å². The molecule has 1 saturated heterocycles. The van der Waals surface area contributed by atoms with Crippen molar-refractivity contribution in [3.63, 3.8) is 0 Å². The normalized spacial score (nSPS) is 32.2. The van der Waals surface area contributed by atoms with Gasteiger partial charge >= 0.3 is 5.97 Å². The van der Waals surface area contributed by atoms with Crippen molar-refractivity contribution < 1.29 is 9.53 Å². The third kappa shape index (κ3) is 1.48. The maximum absolute atomic E-state index is 10.9. The van der Waals surface area contributed by atoms with Gasteiger partial charge < -0.3 is 10.1 Å². The molecule has 0 aliphatic carbocycles. The molecule has 2 atom stereocenters. The van der Waals surface area contributed by atoms with E-state index in [4.69, 9.17) is 0 Å². The van der Waals surface area contributed by atoms with Gasteiger partial charge in [-0.3, -0.25) is 4.79 Å². The van der Waals surface area contributed by atoms with Crippen LogP contribution in [0.2, 0.25) is 0 Å². The molecule has 1 N–H and O–H groups in total. The molecular weight excluding hydrogens is 130 g/mol. The van der Waals surface area contributed by atoms with E-state index in [-0.39, 0.29) is 12.0 Å². The molecule has 0 unspecified atom stereocenters. The summed E-state index contributed by atoms with van der Waals surface area (Å²) in [6.07, 6.45) is 0.909. The summed E-state index contributed by atoms with van der Waals surface area (Å²) in [5.41, 5.74) is 0. The molecular formula is C7H13NO2. The van der Waals surface area contributed by atoms with Crippen LogP contribution in [0.1, 0.15) is 13.3 Å². The molecule has 0 aromatic heterocycles. The van der Waals surface area contributed by atoms with Crippen LogP contribution in [0.3, 0.4) is 0 Å². The predicted octanol–water partition coefficient (Wildman–Crippen LogP) is 0.157. The highest BCUT2D eigenvalue weighted by molar-refractivity contribution is 5.75. The molecule has 3 heteroatoms. The average Bonchev–Trinajstić information content (AvgIpc) is 2.34. The molecule has 0 aromatic carbocycles. The minimum Gasteiger partial charge on any atom is -0.468 e. The summed E-state index contributed by atoms with van der Waals surface area (Å²) in [6, 6.07) is -0.0556. The Morgan fingerprint density at radius 2 is 2.40 bits per heavy atom. The van der Waals surface area contributed by atoms with Crippen LogP contribution in [0.15, 0.2) is 0 Å². The van der Waals surface area contributed by atoms with Gasteiger partial charge in [0.2, 0.25) is 0 Å². The first-order valence-electron chi connectivity index (χ1n) is 3.55. The monoisotopic (exact) mass is 143 g/mol. The van der Waals surface area contributed by atoms with Crippen molar-refractivity contribution in [2.24, 2.45) is 5.92 Å². The summed E-state index contributed by atoms with van der Waals surface area (Å²) in [7, 11) is 1.42. The lowest BCUT2D eigenvalue weighted by Crippen LogP contribution is -2.31. The van der Waals surface area contributed by atoms with Gasteiger partial charge in [-0.05, 0) is 18.9 Å². The van der Waals surface area contributed by atoms with Crippen molar-refractivity contribution in [1.29, 1.82) is 0 Å². The van der Waals surface area contributed by atoms with Crippen molar-refractivity contribution >= 4 is 5.97 Å². The molecule has 58 valence electrons. The van der Waals surface area contributed by atoms with E-state index in [1.807, 2.05) is 0 Å². The van der Waals surface area contributed by atoms with Gasteiger partial charge in [0.05, 0.1) is 7.11 Å². The Morgan fingerprint density at radius 3 is 2.80 bits per heavy atom. The maximum atomic E-state index is 10.9. The maximum Gasteiger partial charge on any atom is 0.322 e. The highest BCUT2D eigenvalue weighted by atomic mass is 16.5. The van der Waals surface area contributed by atoms with E-state index in [1.54, 1.807) is 0 Å². The summed E-state index contributed by atoms with van der Waals surface area (Å²) in [5, 5.41) is 3.08. The Hall–Kier alpha value is -0.570. The number of methoxy groups -OCH3 is 1. The Bertz CT molecular complexity index is 136. The second-order valence-corrected chi connectivity index (χ2v) is 2.82. The number of esters is 1. The Balaban J connectivity index is 2.37. The van der Waals surface area contributed by atoms with Crippen LogP contribution in [0.25, 0.3) is 0 Å². The SMILES string of the molecule is COC(=O)[C@H]1C[C@H](C)CN1. The summed E-state index contributed by atoms with van der Waals surface area (Å²) in [4.78, 5) is 10.9. The van der Waals surface area contributed by atoms with Crippen LogP contribution in [0.5, 0.6) is 0 Å². The van der Waals surface area contributed by atoms with E-state index in [1.165, 1.54) is 7.11 Å². The second-order valence-electron chi connectivity index (χ2n) is 2.82. The van der Waals surface area contributed by atoms with Crippen molar-refractivity contribution in [3.05, 3.63) is 0 Å². The van der Waals surface area contributed by atoms with E-state index in [2.05, 4.69) is 17.0 Å². The largest absolute Gasteiger partial charge is 0.468 e. The molecule has 0 spiro atoms. The first-order chi connectivity index (χ1) is 4.74. The standard InChI is InChI=1S/C7H13NO2/c1-5-3-6(8-4-5)7(9)10-2/h5-6,8H,3-4H2,1-2H3/t5-,6+/m0/s1. The van der Waals surface area contributed by atoms with E-state index >= 15 is 0 Å². The molecule has 1 fully saturated rings. The number of hydrogen-bond donors (Lipinski definition) is 1. The van der Waals surface area contributed by atoms with Gasteiger partial charge in [0.15, 0.2) is 0 Å². The van der Waals surface area contributed by atoms with Crippen molar-refractivity contribution in [2.75, 3.05) is 13.7 Å². The first-order valence-corrected chi connectivity index (χ1v) is 3.55. The number of carbonyl (C=O) groups is 1. The molecule has 1 rings (SSSR count). The zero-order valence-corrected chi connectivity index (χ0v) is 6.39. The number of nitrogens with one attached hydrogen (secondary N) is 1. The second kappa shape index (κ2) is 3.01.